The van der Waals surface area contributed by atoms with E-state index in [0.717, 1.165) is 17.5 Å². The summed E-state index contributed by atoms with van der Waals surface area (Å²) in [4.78, 5) is 0. The van der Waals surface area contributed by atoms with Crippen molar-refractivity contribution in [2.45, 2.75) is 19.8 Å². The van der Waals surface area contributed by atoms with Crippen molar-refractivity contribution in [3.8, 4) is 0 Å². The van der Waals surface area contributed by atoms with Crippen molar-refractivity contribution in [1.29, 1.82) is 0 Å². The summed E-state index contributed by atoms with van der Waals surface area (Å²) in [6.45, 7) is 2.89. The fraction of sp³-hybridized carbons (Fsp3) is 0.455. The Bertz CT molecular complexity index is 279. The average molecular weight is 196 g/mol. The smallest absolute Gasteiger partial charge is 0.126 e. The van der Waals surface area contributed by atoms with Crippen LogP contribution in [-0.2, 0) is 12.8 Å². The van der Waals surface area contributed by atoms with Crippen LogP contribution in [0.1, 0.15) is 16.7 Å². The summed E-state index contributed by atoms with van der Waals surface area (Å²) in [7, 11) is 0. The fourth-order valence-corrected chi connectivity index (χ4v) is 1.56. The highest BCUT2D eigenvalue weighted by molar-refractivity contribution is 5.33. The zero-order valence-electron chi connectivity index (χ0n) is 8.52. The van der Waals surface area contributed by atoms with Gasteiger partial charge in [0.25, 0.3) is 0 Å². The first-order valence-corrected chi connectivity index (χ1v) is 4.87. The van der Waals surface area contributed by atoms with E-state index in [2.05, 4.69) is 0 Å². The maximum Gasteiger partial charge on any atom is 0.126 e. The number of hydrogen-bond donors (Lipinski definition) is 2. The molecule has 1 aromatic rings. The standard InChI is InChI=1S/C11H17FN2/c1-8-6-9(2-4-13)10(3-5-14)7-11(8)12/h6-7H,2-5,13-14H2,1H3. The molecule has 0 spiro atoms. The number of benzene rings is 1. The van der Waals surface area contributed by atoms with Crippen LogP contribution in [0.4, 0.5) is 4.39 Å². The summed E-state index contributed by atoms with van der Waals surface area (Å²) < 4.78 is 13.3. The molecular formula is C11H17FN2. The molecule has 4 N–H and O–H groups in total. The van der Waals surface area contributed by atoms with Gasteiger partial charge in [0.1, 0.15) is 5.82 Å². The van der Waals surface area contributed by atoms with Gasteiger partial charge in [-0.1, -0.05) is 6.07 Å². The molecule has 0 saturated carbocycles. The van der Waals surface area contributed by atoms with Gasteiger partial charge in [-0.3, -0.25) is 0 Å². The van der Waals surface area contributed by atoms with Crippen molar-refractivity contribution in [3.63, 3.8) is 0 Å². The van der Waals surface area contributed by atoms with Crippen molar-refractivity contribution in [1.82, 2.24) is 0 Å². The molecule has 0 aliphatic heterocycles. The molecule has 0 aliphatic carbocycles. The van der Waals surface area contributed by atoms with Crippen molar-refractivity contribution < 1.29 is 4.39 Å². The van der Waals surface area contributed by atoms with Gasteiger partial charge < -0.3 is 11.5 Å². The van der Waals surface area contributed by atoms with Crippen molar-refractivity contribution in [2.75, 3.05) is 13.1 Å². The van der Waals surface area contributed by atoms with E-state index in [1.807, 2.05) is 6.07 Å². The summed E-state index contributed by atoms with van der Waals surface area (Å²) in [6, 6.07) is 3.44. The number of hydrogen-bond acceptors (Lipinski definition) is 2. The average Bonchev–Trinajstić information content (AvgIpc) is 2.14. The normalized spacial score (nSPS) is 10.6. The molecular weight excluding hydrogens is 179 g/mol. The lowest BCUT2D eigenvalue weighted by molar-refractivity contribution is 0.614. The monoisotopic (exact) mass is 196 g/mol. The third kappa shape index (κ3) is 2.53. The fourth-order valence-electron chi connectivity index (χ4n) is 1.56. The van der Waals surface area contributed by atoms with Crippen LogP contribution in [0.3, 0.4) is 0 Å². The second-order valence-corrected chi connectivity index (χ2v) is 3.45. The van der Waals surface area contributed by atoms with Crippen molar-refractivity contribution >= 4 is 0 Å². The zero-order valence-corrected chi connectivity index (χ0v) is 8.52. The highest BCUT2D eigenvalue weighted by Crippen LogP contribution is 2.16. The molecule has 0 unspecified atom stereocenters. The predicted molar refractivity (Wildman–Crippen MR) is 56.7 cm³/mol. The molecule has 0 bridgehead atoms. The van der Waals surface area contributed by atoms with Crippen LogP contribution in [0.25, 0.3) is 0 Å². The van der Waals surface area contributed by atoms with Gasteiger partial charge in [-0.15, -0.1) is 0 Å². The van der Waals surface area contributed by atoms with Gasteiger partial charge in [-0.2, -0.15) is 0 Å². The molecule has 14 heavy (non-hydrogen) atoms. The first-order valence-electron chi connectivity index (χ1n) is 4.87. The first kappa shape index (κ1) is 11.1. The van der Waals surface area contributed by atoms with Gasteiger partial charge in [-0.25, -0.2) is 4.39 Å². The Hall–Kier alpha value is -0.930. The third-order valence-corrected chi connectivity index (χ3v) is 2.31. The number of nitrogens with two attached hydrogens (primary N) is 2. The maximum absolute atomic E-state index is 13.3. The van der Waals surface area contributed by atoms with E-state index in [1.54, 1.807) is 13.0 Å². The summed E-state index contributed by atoms with van der Waals surface area (Å²) in [6.07, 6.45) is 1.50. The Kier molecular flexibility index (Phi) is 4.04. The molecule has 0 aliphatic rings. The van der Waals surface area contributed by atoms with Crippen LogP contribution in [0, 0.1) is 12.7 Å². The summed E-state index contributed by atoms with van der Waals surface area (Å²) >= 11 is 0. The van der Waals surface area contributed by atoms with Gasteiger partial charge in [0.15, 0.2) is 0 Å². The van der Waals surface area contributed by atoms with E-state index < -0.39 is 0 Å². The Morgan fingerprint density at radius 1 is 1.07 bits per heavy atom. The Labute approximate surface area is 84.1 Å². The van der Waals surface area contributed by atoms with Crippen LogP contribution in [-0.4, -0.2) is 13.1 Å². The molecule has 2 nitrogen and oxygen atoms in total. The topological polar surface area (TPSA) is 52.0 Å². The van der Waals surface area contributed by atoms with Crippen LogP contribution in [0.15, 0.2) is 12.1 Å². The van der Waals surface area contributed by atoms with E-state index in [4.69, 9.17) is 11.5 Å². The first-order chi connectivity index (χ1) is 6.69. The zero-order chi connectivity index (χ0) is 10.6. The Morgan fingerprint density at radius 3 is 2.07 bits per heavy atom. The van der Waals surface area contributed by atoms with Crippen LogP contribution in [0.2, 0.25) is 0 Å². The van der Waals surface area contributed by atoms with Crippen LogP contribution in [0.5, 0.6) is 0 Å². The van der Waals surface area contributed by atoms with Gasteiger partial charge in [0.05, 0.1) is 0 Å². The van der Waals surface area contributed by atoms with E-state index in [0.29, 0.717) is 25.1 Å². The maximum atomic E-state index is 13.3. The Morgan fingerprint density at radius 2 is 1.57 bits per heavy atom. The number of halogens is 1. The van der Waals surface area contributed by atoms with Crippen LogP contribution < -0.4 is 11.5 Å². The van der Waals surface area contributed by atoms with Crippen molar-refractivity contribution in [3.05, 3.63) is 34.6 Å². The number of rotatable bonds is 4. The molecule has 0 heterocycles. The molecule has 0 fully saturated rings. The molecule has 78 valence electrons. The van der Waals surface area contributed by atoms with Crippen LogP contribution >= 0.6 is 0 Å². The molecule has 0 saturated heterocycles. The number of aryl methyl sites for hydroxylation is 1. The second-order valence-electron chi connectivity index (χ2n) is 3.45. The molecule has 3 heteroatoms. The summed E-state index contributed by atoms with van der Waals surface area (Å²) in [5.41, 5.74) is 13.7. The van der Waals surface area contributed by atoms with Gasteiger partial charge >= 0.3 is 0 Å². The van der Waals surface area contributed by atoms with Crippen molar-refractivity contribution in [2.24, 2.45) is 11.5 Å². The van der Waals surface area contributed by atoms with Gasteiger partial charge in [0, 0.05) is 0 Å². The lowest BCUT2D eigenvalue weighted by atomic mass is 9.99. The third-order valence-electron chi connectivity index (χ3n) is 2.31. The quantitative estimate of drug-likeness (QED) is 0.758. The summed E-state index contributed by atoms with van der Waals surface area (Å²) in [5, 5.41) is 0. The minimum atomic E-state index is -0.158. The Balaban J connectivity index is 3.03. The van der Waals surface area contributed by atoms with E-state index in [1.165, 1.54) is 0 Å². The molecule has 1 rings (SSSR count). The SMILES string of the molecule is Cc1cc(CCN)c(CCN)cc1F. The highest BCUT2D eigenvalue weighted by Gasteiger charge is 2.06. The summed E-state index contributed by atoms with van der Waals surface area (Å²) in [5.74, 6) is -0.158. The largest absolute Gasteiger partial charge is 0.330 e. The minimum absolute atomic E-state index is 0.158. The van der Waals surface area contributed by atoms with E-state index in [-0.39, 0.29) is 5.82 Å². The molecule has 0 radical (unpaired) electrons. The lowest BCUT2D eigenvalue weighted by Crippen LogP contribution is -2.10. The highest BCUT2D eigenvalue weighted by atomic mass is 19.1. The molecule has 0 aromatic heterocycles. The van der Waals surface area contributed by atoms with E-state index in [9.17, 15) is 4.39 Å². The molecule has 1 aromatic carbocycles. The minimum Gasteiger partial charge on any atom is -0.330 e. The van der Waals surface area contributed by atoms with E-state index >= 15 is 0 Å². The van der Waals surface area contributed by atoms with Gasteiger partial charge in [-0.05, 0) is 55.6 Å². The molecule has 0 amide bonds. The molecule has 0 atom stereocenters. The second kappa shape index (κ2) is 5.08. The lowest BCUT2D eigenvalue weighted by Gasteiger charge is -2.09. The van der Waals surface area contributed by atoms with Gasteiger partial charge in [0.2, 0.25) is 0 Å². The predicted octanol–water partition coefficient (Wildman–Crippen LogP) is 1.14.